The molecule has 1 atom stereocenters. The lowest BCUT2D eigenvalue weighted by Crippen LogP contribution is -2.20. The molecule has 0 saturated carbocycles. The summed E-state index contributed by atoms with van der Waals surface area (Å²) in [5, 5.41) is 17.0. The maximum Gasteiger partial charge on any atom is 0.303 e. The van der Waals surface area contributed by atoms with Gasteiger partial charge in [-0.3, -0.25) is 19.6 Å². The first kappa shape index (κ1) is 12.4. The van der Waals surface area contributed by atoms with Crippen molar-refractivity contribution in [1.29, 1.82) is 0 Å². The standard InChI is InChI=1S/C10H14N2O4/c13-9(14)3-1-7-5-12-8(6-11-7)2-4-10(15)16/h5,8H,1-4,6H2,(H,13,14)(H,15,16). The molecule has 0 saturated heterocycles. The zero-order valence-electron chi connectivity index (χ0n) is 8.80. The summed E-state index contributed by atoms with van der Waals surface area (Å²) in [5.74, 6) is -1.69. The molecule has 1 unspecified atom stereocenters. The number of aliphatic carboxylic acids is 2. The minimum Gasteiger partial charge on any atom is -0.481 e. The van der Waals surface area contributed by atoms with Gasteiger partial charge < -0.3 is 10.2 Å². The lowest BCUT2D eigenvalue weighted by molar-refractivity contribution is -0.138. The van der Waals surface area contributed by atoms with E-state index in [-0.39, 0.29) is 18.9 Å². The summed E-state index contributed by atoms with van der Waals surface area (Å²) in [6, 6.07) is -0.0790. The predicted octanol–water partition coefficient (Wildman–Crippen LogP) is 0.610. The van der Waals surface area contributed by atoms with E-state index in [1.165, 1.54) is 0 Å². The number of rotatable bonds is 6. The van der Waals surface area contributed by atoms with Crippen LogP contribution in [0.4, 0.5) is 0 Å². The predicted molar refractivity (Wildman–Crippen MR) is 58.3 cm³/mol. The summed E-state index contributed by atoms with van der Waals surface area (Å²) >= 11 is 0. The lowest BCUT2D eigenvalue weighted by atomic mass is 10.1. The van der Waals surface area contributed by atoms with Gasteiger partial charge >= 0.3 is 11.9 Å². The van der Waals surface area contributed by atoms with Crippen molar-refractivity contribution in [3.05, 3.63) is 0 Å². The van der Waals surface area contributed by atoms with E-state index in [0.29, 0.717) is 25.1 Å². The van der Waals surface area contributed by atoms with Gasteiger partial charge in [0.05, 0.1) is 24.7 Å². The van der Waals surface area contributed by atoms with Gasteiger partial charge in [-0.1, -0.05) is 0 Å². The fourth-order valence-corrected chi connectivity index (χ4v) is 1.34. The second-order valence-corrected chi connectivity index (χ2v) is 3.59. The quantitative estimate of drug-likeness (QED) is 0.693. The van der Waals surface area contributed by atoms with Crippen LogP contribution in [0.15, 0.2) is 9.98 Å². The number of hydrogen-bond donors (Lipinski definition) is 2. The Balaban J connectivity index is 2.29. The molecular formula is C10H14N2O4. The van der Waals surface area contributed by atoms with Crippen molar-refractivity contribution in [2.45, 2.75) is 31.7 Å². The van der Waals surface area contributed by atoms with Gasteiger partial charge in [-0.05, 0) is 6.42 Å². The third-order valence-electron chi connectivity index (χ3n) is 2.23. The van der Waals surface area contributed by atoms with E-state index in [4.69, 9.17) is 10.2 Å². The highest BCUT2D eigenvalue weighted by molar-refractivity contribution is 6.31. The number of hydrogen-bond acceptors (Lipinski definition) is 4. The Bertz CT molecular complexity index is 336. The molecule has 1 aliphatic heterocycles. The molecule has 1 heterocycles. The number of aliphatic imine (C=N–C) groups is 2. The van der Waals surface area contributed by atoms with Crippen molar-refractivity contribution in [2.75, 3.05) is 6.54 Å². The summed E-state index contributed by atoms with van der Waals surface area (Å²) in [6.07, 6.45) is 2.54. The number of carbonyl (C=O) groups is 2. The Labute approximate surface area is 92.7 Å². The minimum atomic E-state index is -0.857. The molecule has 0 amide bonds. The SMILES string of the molecule is O=C(O)CCC1=NCC(CCC(=O)O)N=C1. The van der Waals surface area contributed by atoms with Gasteiger partial charge in [-0.15, -0.1) is 0 Å². The second-order valence-electron chi connectivity index (χ2n) is 3.59. The summed E-state index contributed by atoms with van der Waals surface area (Å²) in [4.78, 5) is 29.0. The smallest absolute Gasteiger partial charge is 0.303 e. The minimum absolute atomic E-state index is 0.0463. The van der Waals surface area contributed by atoms with Gasteiger partial charge in [0.25, 0.3) is 0 Å². The summed E-state index contributed by atoms with van der Waals surface area (Å²) in [7, 11) is 0. The van der Waals surface area contributed by atoms with E-state index in [2.05, 4.69) is 9.98 Å². The first-order chi connectivity index (χ1) is 7.58. The highest BCUT2D eigenvalue weighted by Gasteiger charge is 2.13. The lowest BCUT2D eigenvalue weighted by Gasteiger charge is -2.13. The average molecular weight is 226 g/mol. The van der Waals surface area contributed by atoms with Crippen LogP contribution < -0.4 is 0 Å². The van der Waals surface area contributed by atoms with Gasteiger partial charge in [-0.25, -0.2) is 0 Å². The Hall–Kier alpha value is -1.72. The molecule has 6 heteroatoms. The largest absolute Gasteiger partial charge is 0.481 e. The number of carboxylic acid groups (broad SMARTS) is 2. The molecule has 0 spiro atoms. The van der Waals surface area contributed by atoms with Crippen LogP contribution >= 0.6 is 0 Å². The molecule has 2 N–H and O–H groups in total. The monoisotopic (exact) mass is 226 g/mol. The topological polar surface area (TPSA) is 99.3 Å². The fraction of sp³-hybridized carbons (Fsp3) is 0.600. The molecule has 0 aromatic rings. The van der Waals surface area contributed by atoms with Crippen LogP contribution in [0, 0.1) is 0 Å². The van der Waals surface area contributed by atoms with Crippen molar-refractivity contribution in [3.63, 3.8) is 0 Å². The second kappa shape index (κ2) is 5.99. The zero-order chi connectivity index (χ0) is 12.0. The zero-order valence-corrected chi connectivity index (χ0v) is 8.80. The maximum absolute atomic E-state index is 10.3. The molecule has 1 aliphatic rings. The Kier molecular flexibility index (Phi) is 4.63. The van der Waals surface area contributed by atoms with Crippen molar-refractivity contribution in [3.8, 4) is 0 Å². The Morgan fingerprint density at radius 1 is 1.31 bits per heavy atom. The molecule has 6 nitrogen and oxygen atoms in total. The third kappa shape index (κ3) is 4.68. The number of nitrogens with zero attached hydrogens (tertiary/aromatic N) is 2. The van der Waals surface area contributed by atoms with E-state index >= 15 is 0 Å². The van der Waals surface area contributed by atoms with Crippen LogP contribution in [0.25, 0.3) is 0 Å². The summed E-state index contributed by atoms with van der Waals surface area (Å²) in [6.45, 7) is 0.457. The van der Waals surface area contributed by atoms with Crippen LogP contribution in [0.2, 0.25) is 0 Å². The first-order valence-corrected chi connectivity index (χ1v) is 5.08. The molecule has 0 bridgehead atoms. The molecule has 16 heavy (non-hydrogen) atoms. The van der Waals surface area contributed by atoms with E-state index in [1.54, 1.807) is 6.21 Å². The molecule has 88 valence electrons. The Morgan fingerprint density at radius 3 is 2.50 bits per heavy atom. The highest BCUT2D eigenvalue weighted by atomic mass is 16.4. The molecular weight excluding hydrogens is 212 g/mol. The van der Waals surface area contributed by atoms with Gasteiger partial charge in [0.1, 0.15) is 0 Å². The van der Waals surface area contributed by atoms with Crippen LogP contribution in [-0.2, 0) is 9.59 Å². The highest BCUT2D eigenvalue weighted by Crippen LogP contribution is 2.07. The normalized spacial score (nSPS) is 19.2. The molecule has 0 aromatic heterocycles. The first-order valence-electron chi connectivity index (χ1n) is 5.08. The van der Waals surface area contributed by atoms with Crippen LogP contribution in [0.3, 0.4) is 0 Å². The van der Waals surface area contributed by atoms with E-state index in [9.17, 15) is 9.59 Å². The van der Waals surface area contributed by atoms with E-state index < -0.39 is 11.9 Å². The van der Waals surface area contributed by atoms with Gasteiger partial charge in [0.15, 0.2) is 0 Å². The van der Waals surface area contributed by atoms with Crippen LogP contribution in [0.5, 0.6) is 0 Å². The van der Waals surface area contributed by atoms with Gasteiger partial charge in [-0.2, -0.15) is 0 Å². The van der Waals surface area contributed by atoms with Gasteiger partial charge in [0.2, 0.25) is 0 Å². The molecule has 0 fully saturated rings. The van der Waals surface area contributed by atoms with Gasteiger partial charge in [0, 0.05) is 19.1 Å². The van der Waals surface area contributed by atoms with E-state index in [1.807, 2.05) is 0 Å². The third-order valence-corrected chi connectivity index (χ3v) is 2.23. The summed E-state index contributed by atoms with van der Waals surface area (Å²) in [5.41, 5.74) is 0.675. The fourth-order valence-electron chi connectivity index (χ4n) is 1.34. The summed E-state index contributed by atoms with van der Waals surface area (Å²) < 4.78 is 0. The van der Waals surface area contributed by atoms with Crippen molar-refractivity contribution < 1.29 is 19.8 Å². The molecule has 0 aromatic carbocycles. The Morgan fingerprint density at radius 2 is 2.00 bits per heavy atom. The van der Waals surface area contributed by atoms with Crippen LogP contribution in [-0.4, -0.2) is 46.7 Å². The van der Waals surface area contributed by atoms with Crippen molar-refractivity contribution in [2.24, 2.45) is 9.98 Å². The molecule has 1 rings (SSSR count). The van der Waals surface area contributed by atoms with Crippen molar-refractivity contribution >= 4 is 23.9 Å². The molecule has 0 aliphatic carbocycles. The van der Waals surface area contributed by atoms with Crippen molar-refractivity contribution in [1.82, 2.24) is 0 Å². The number of carboxylic acids is 2. The molecule has 0 radical (unpaired) electrons. The van der Waals surface area contributed by atoms with Crippen LogP contribution in [0.1, 0.15) is 25.7 Å². The average Bonchev–Trinajstić information content (AvgIpc) is 2.25. The van der Waals surface area contributed by atoms with E-state index in [0.717, 1.165) is 0 Å². The maximum atomic E-state index is 10.3.